The number of benzene rings is 1. The van der Waals surface area contributed by atoms with Crippen molar-refractivity contribution in [3.63, 3.8) is 0 Å². The summed E-state index contributed by atoms with van der Waals surface area (Å²) in [6, 6.07) is 14.9. The van der Waals surface area contributed by atoms with E-state index in [1.807, 2.05) is 0 Å². The molecule has 1 aromatic carbocycles. The summed E-state index contributed by atoms with van der Waals surface area (Å²) >= 11 is 0. The van der Waals surface area contributed by atoms with Crippen LogP contribution < -0.4 is 4.72 Å². The predicted molar refractivity (Wildman–Crippen MR) is 95.7 cm³/mol. The zero-order valence-electron chi connectivity index (χ0n) is 13.3. The summed E-state index contributed by atoms with van der Waals surface area (Å²) < 4.78 is 27.4. The lowest BCUT2D eigenvalue weighted by Gasteiger charge is -2.08. The lowest BCUT2D eigenvalue weighted by atomic mass is 10.1. The van der Waals surface area contributed by atoms with Crippen LogP contribution in [0.25, 0.3) is 16.1 Å². The van der Waals surface area contributed by atoms with Gasteiger partial charge < -0.3 is 0 Å². The van der Waals surface area contributed by atoms with Gasteiger partial charge in [0, 0.05) is 17.5 Å². The number of hydrogen-bond donors (Lipinski definition) is 1. The molecule has 0 aliphatic carbocycles. The van der Waals surface area contributed by atoms with Gasteiger partial charge in [-0.05, 0) is 37.3 Å². The molecule has 0 radical (unpaired) electrons. The van der Waals surface area contributed by atoms with E-state index < -0.39 is 10.0 Å². The van der Waals surface area contributed by atoms with Gasteiger partial charge in [-0.15, -0.1) is 0 Å². The van der Waals surface area contributed by atoms with Crippen LogP contribution in [0, 0.1) is 13.5 Å². The van der Waals surface area contributed by atoms with Gasteiger partial charge in [0.05, 0.1) is 17.2 Å². The highest BCUT2D eigenvalue weighted by molar-refractivity contribution is 7.92. The standard InChI is InChI=1S/C18H14N4O2S/c1-13-4-3-5-18(21-13)22-25(23,24)16-9-6-14(7-10-16)17-11-8-15(19-2)12-20-17/h3-12H,1H3,(H,21,22). The first-order chi connectivity index (χ1) is 12.0. The maximum Gasteiger partial charge on any atom is 0.263 e. The maximum absolute atomic E-state index is 12.4. The molecule has 1 N–H and O–H groups in total. The van der Waals surface area contributed by atoms with Crippen LogP contribution in [0.2, 0.25) is 0 Å². The number of anilines is 1. The molecule has 25 heavy (non-hydrogen) atoms. The molecule has 0 amide bonds. The molecule has 0 saturated heterocycles. The average molecular weight is 350 g/mol. The molecule has 0 spiro atoms. The molecule has 6 nitrogen and oxygen atoms in total. The Kier molecular flexibility index (Phi) is 4.46. The molecule has 0 fully saturated rings. The zero-order valence-corrected chi connectivity index (χ0v) is 14.2. The molecule has 2 heterocycles. The molecule has 0 saturated carbocycles. The number of aromatic nitrogens is 2. The van der Waals surface area contributed by atoms with E-state index in [0.717, 1.165) is 11.3 Å². The molecular formula is C18H14N4O2S. The Labute approximate surface area is 146 Å². The van der Waals surface area contributed by atoms with Crippen LogP contribution in [0.4, 0.5) is 11.5 Å². The number of nitrogens with one attached hydrogen (secondary N) is 1. The Hall–Kier alpha value is -3.24. The van der Waals surface area contributed by atoms with Gasteiger partial charge in [-0.2, -0.15) is 0 Å². The lowest BCUT2D eigenvalue weighted by Crippen LogP contribution is -2.14. The van der Waals surface area contributed by atoms with Gasteiger partial charge in [-0.25, -0.2) is 18.2 Å². The molecule has 0 bridgehead atoms. The summed E-state index contributed by atoms with van der Waals surface area (Å²) in [5.74, 6) is 0.278. The number of nitrogens with zero attached hydrogens (tertiary/aromatic N) is 3. The van der Waals surface area contributed by atoms with Crippen molar-refractivity contribution in [3.8, 4) is 11.3 Å². The number of pyridine rings is 2. The molecule has 0 unspecified atom stereocenters. The van der Waals surface area contributed by atoms with Crippen LogP contribution in [-0.2, 0) is 10.0 Å². The zero-order chi connectivity index (χ0) is 17.9. The maximum atomic E-state index is 12.4. The molecule has 7 heteroatoms. The minimum atomic E-state index is -3.71. The predicted octanol–water partition coefficient (Wildman–Crippen LogP) is 3.80. The average Bonchev–Trinajstić information content (AvgIpc) is 2.61. The van der Waals surface area contributed by atoms with Crippen molar-refractivity contribution in [1.29, 1.82) is 0 Å². The van der Waals surface area contributed by atoms with E-state index in [9.17, 15) is 8.42 Å². The lowest BCUT2D eigenvalue weighted by molar-refractivity contribution is 0.601. The summed E-state index contributed by atoms with van der Waals surface area (Å²) in [6.07, 6.45) is 1.48. The van der Waals surface area contributed by atoms with Crippen LogP contribution in [0.1, 0.15) is 5.69 Å². The van der Waals surface area contributed by atoms with Gasteiger partial charge in [-0.1, -0.05) is 24.3 Å². The Bertz CT molecular complexity index is 1040. The van der Waals surface area contributed by atoms with Crippen molar-refractivity contribution < 1.29 is 8.42 Å². The number of hydrogen-bond acceptors (Lipinski definition) is 4. The van der Waals surface area contributed by atoms with Crippen molar-refractivity contribution in [1.82, 2.24) is 9.97 Å². The fraction of sp³-hybridized carbons (Fsp3) is 0.0556. The monoisotopic (exact) mass is 350 g/mol. The molecule has 2 aromatic heterocycles. The SMILES string of the molecule is [C-]#[N+]c1ccc(-c2ccc(S(=O)(=O)Nc3cccc(C)n3)cc2)nc1. The molecule has 3 rings (SSSR count). The van der Waals surface area contributed by atoms with Crippen LogP contribution >= 0.6 is 0 Å². The third-order valence-corrected chi connectivity index (χ3v) is 4.84. The summed E-state index contributed by atoms with van der Waals surface area (Å²) in [7, 11) is -3.71. The van der Waals surface area contributed by atoms with Crippen molar-refractivity contribution in [2.75, 3.05) is 4.72 Å². The number of rotatable bonds is 4. The van der Waals surface area contributed by atoms with Gasteiger partial charge in [0.15, 0.2) is 0 Å². The Morgan fingerprint density at radius 2 is 1.80 bits per heavy atom. The Morgan fingerprint density at radius 3 is 2.40 bits per heavy atom. The molecule has 0 aliphatic heterocycles. The minimum Gasteiger partial charge on any atom is -0.268 e. The van der Waals surface area contributed by atoms with Crippen molar-refractivity contribution in [3.05, 3.63) is 77.9 Å². The fourth-order valence-electron chi connectivity index (χ4n) is 2.22. The van der Waals surface area contributed by atoms with Gasteiger partial charge in [0.2, 0.25) is 5.69 Å². The summed E-state index contributed by atoms with van der Waals surface area (Å²) in [5.41, 5.74) is 2.62. The highest BCUT2D eigenvalue weighted by Gasteiger charge is 2.15. The topological polar surface area (TPSA) is 76.3 Å². The normalized spacial score (nSPS) is 10.9. The van der Waals surface area contributed by atoms with Crippen LogP contribution in [0.15, 0.2) is 65.7 Å². The quantitative estimate of drug-likeness (QED) is 0.726. The van der Waals surface area contributed by atoms with E-state index >= 15 is 0 Å². The van der Waals surface area contributed by atoms with E-state index in [2.05, 4.69) is 19.5 Å². The largest absolute Gasteiger partial charge is 0.268 e. The first-order valence-electron chi connectivity index (χ1n) is 7.38. The fourth-order valence-corrected chi connectivity index (χ4v) is 3.23. The second kappa shape index (κ2) is 6.71. The summed E-state index contributed by atoms with van der Waals surface area (Å²) in [4.78, 5) is 11.8. The first kappa shape index (κ1) is 16.6. The molecular weight excluding hydrogens is 336 g/mol. The molecule has 3 aromatic rings. The summed E-state index contributed by atoms with van der Waals surface area (Å²) in [6.45, 7) is 8.72. The van der Waals surface area contributed by atoms with Crippen LogP contribution in [-0.4, -0.2) is 18.4 Å². The van der Waals surface area contributed by atoms with E-state index in [0.29, 0.717) is 11.4 Å². The smallest absolute Gasteiger partial charge is 0.263 e. The minimum absolute atomic E-state index is 0.136. The van der Waals surface area contributed by atoms with Gasteiger partial charge >= 0.3 is 0 Å². The van der Waals surface area contributed by atoms with E-state index in [-0.39, 0.29) is 10.7 Å². The van der Waals surface area contributed by atoms with Gasteiger partial charge in [0.1, 0.15) is 5.82 Å². The van der Waals surface area contributed by atoms with Crippen LogP contribution in [0.3, 0.4) is 0 Å². The Morgan fingerprint density at radius 1 is 1.04 bits per heavy atom. The van der Waals surface area contributed by atoms with Gasteiger partial charge in [-0.3, -0.25) is 9.71 Å². The highest BCUT2D eigenvalue weighted by Crippen LogP contribution is 2.22. The second-order valence-electron chi connectivity index (χ2n) is 5.31. The van der Waals surface area contributed by atoms with Gasteiger partial charge in [0.25, 0.3) is 10.0 Å². The molecule has 0 aliphatic rings. The summed E-state index contributed by atoms with van der Waals surface area (Å²) in [5, 5.41) is 0. The molecule has 124 valence electrons. The van der Waals surface area contributed by atoms with E-state index in [1.54, 1.807) is 49.4 Å². The number of aryl methyl sites for hydroxylation is 1. The molecule has 0 atom stereocenters. The van der Waals surface area contributed by atoms with E-state index in [4.69, 9.17) is 6.57 Å². The number of sulfonamides is 1. The highest BCUT2D eigenvalue weighted by atomic mass is 32.2. The van der Waals surface area contributed by atoms with Crippen LogP contribution in [0.5, 0.6) is 0 Å². The third-order valence-electron chi connectivity index (χ3n) is 3.46. The van der Waals surface area contributed by atoms with E-state index in [1.165, 1.54) is 18.3 Å². The second-order valence-corrected chi connectivity index (χ2v) is 6.99. The first-order valence-corrected chi connectivity index (χ1v) is 8.87. The van der Waals surface area contributed by atoms with Crippen molar-refractivity contribution >= 4 is 21.5 Å². The van der Waals surface area contributed by atoms with Crippen molar-refractivity contribution in [2.24, 2.45) is 0 Å². The Balaban J connectivity index is 1.84. The third kappa shape index (κ3) is 3.82. The van der Waals surface area contributed by atoms with Crippen molar-refractivity contribution in [2.45, 2.75) is 11.8 Å².